The Morgan fingerprint density at radius 2 is 1.88 bits per heavy atom. The molecule has 0 radical (unpaired) electrons. The fraction of sp³-hybridized carbons (Fsp3) is 0.278. The second-order valence-corrected chi connectivity index (χ2v) is 7.26. The summed E-state index contributed by atoms with van der Waals surface area (Å²) in [5, 5.41) is 11.2. The van der Waals surface area contributed by atoms with Crippen LogP contribution in [-0.2, 0) is 0 Å². The first kappa shape index (κ1) is 20.4. The largest absolute Gasteiger partial charge is 0.493 e. The van der Waals surface area contributed by atoms with Gasteiger partial charge in [0.05, 0.1) is 33.9 Å². The summed E-state index contributed by atoms with van der Waals surface area (Å²) >= 11 is 6.87. The number of hydrogen-bond acceptors (Lipinski definition) is 5. The number of nitro groups is 1. The van der Waals surface area contributed by atoms with Crippen LogP contribution in [0, 0.1) is 10.1 Å². The minimum Gasteiger partial charge on any atom is -0.493 e. The average Bonchev–Trinajstić information content (AvgIpc) is 2.66. The van der Waals surface area contributed by atoms with Gasteiger partial charge in [0.15, 0.2) is 17.3 Å². The Labute approximate surface area is 167 Å². The van der Waals surface area contributed by atoms with Gasteiger partial charge in [-0.25, -0.2) is 0 Å². The molecule has 2 atom stereocenters. The molecule has 0 unspecified atom stereocenters. The number of rotatable bonds is 8. The van der Waals surface area contributed by atoms with Gasteiger partial charge < -0.3 is 9.47 Å². The molecular formula is C18H17Br2NO5. The van der Waals surface area contributed by atoms with Gasteiger partial charge in [0, 0.05) is 6.07 Å². The lowest BCUT2D eigenvalue weighted by Gasteiger charge is -2.18. The van der Waals surface area contributed by atoms with Crippen LogP contribution in [0.4, 0.5) is 5.69 Å². The quantitative estimate of drug-likeness (QED) is 0.225. The molecule has 0 N–H and O–H groups in total. The summed E-state index contributed by atoms with van der Waals surface area (Å²) in [4.78, 5) is 22.3. The third kappa shape index (κ3) is 4.42. The molecular weight excluding hydrogens is 470 g/mol. The molecule has 0 heterocycles. The van der Waals surface area contributed by atoms with Gasteiger partial charge in [0.1, 0.15) is 0 Å². The molecule has 0 bridgehead atoms. The molecule has 0 aliphatic heterocycles. The Morgan fingerprint density at radius 1 is 1.19 bits per heavy atom. The van der Waals surface area contributed by atoms with E-state index in [-0.39, 0.29) is 17.0 Å². The van der Waals surface area contributed by atoms with Crippen LogP contribution in [0.5, 0.6) is 11.5 Å². The first-order valence-electron chi connectivity index (χ1n) is 7.77. The lowest BCUT2D eigenvalue weighted by molar-refractivity contribution is -0.385. The molecule has 0 aliphatic carbocycles. The second kappa shape index (κ2) is 9.14. The number of nitro benzene ring substituents is 1. The number of Topliss-reactive ketones (excluding diaryl/α,β-unsaturated/α-hetero) is 1. The number of para-hydroxylation sites is 1. The van der Waals surface area contributed by atoms with Crippen molar-refractivity contribution in [1.82, 2.24) is 0 Å². The van der Waals surface area contributed by atoms with E-state index in [0.29, 0.717) is 18.1 Å². The Hall–Kier alpha value is -1.93. The van der Waals surface area contributed by atoms with Gasteiger partial charge in [-0.2, -0.15) is 0 Å². The maximum Gasteiger partial charge on any atom is 0.280 e. The molecule has 0 spiro atoms. The minimum absolute atomic E-state index is 0.0572. The molecule has 2 rings (SSSR count). The highest BCUT2D eigenvalue weighted by Gasteiger charge is 2.30. The van der Waals surface area contributed by atoms with Crippen LogP contribution in [0.15, 0.2) is 42.5 Å². The topological polar surface area (TPSA) is 78.7 Å². The first-order valence-corrected chi connectivity index (χ1v) is 9.60. The molecule has 138 valence electrons. The highest BCUT2D eigenvalue weighted by atomic mass is 79.9. The van der Waals surface area contributed by atoms with Crippen molar-refractivity contribution in [1.29, 1.82) is 0 Å². The molecule has 0 amide bonds. The van der Waals surface area contributed by atoms with E-state index in [1.807, 2.05) is 13.0 Å². The number of ether oxygens (including phenoxy) is 2. The number of carbonyl (C=O) groups excluding carboxylic acids is 1. The molecule has 2 aromatic carbocycles. The number of hydrogen-bond donors (Lipinski definition) is 0. The Balaban J connectivity index is 2.31. The van der Waals surface area contributed by atoms with Crippen LogP contribution in [0.1, 0.15) is 27.7 Å². The van der Waals surface area contributed by atoms with Crippen molar-refractivity contribution in [2.75, 3.05) is 13.7 Å². The maximum atomic E-state index is 12.8. The fourth-order valence-electron chi connectivity index (χ4n) is 2.42. The lowest BCUT2D eigenvalue weighted by atomic mass is 10.0. The summed E-state index contributed by atoms with van der Waals surface area (Å²) in [6, 6.07) is 11.2. The molecule has 8 heteroatoms. The van der Waals surface area contributed by atoms with E-state index in [0.717, 1.165) is 5.56 Å². The molecule has 6 nitrogen and oxygen atoms in total. The van der Waals surface area contributed by atoms with Crippen LogP contribution in [0.2, 0.25) is 0 Å². The summed E-state index contributed by atoms with van der Waals surface area (Å²) < 4.78 is 10.8. The van der Waals surface area contributed by atoms with E-state index in [2.05, 4.69) is 31.9 Å². The van der Waals surface area contributed by atoms with Gasteiger partial charge in [-0.3, -0.25) is 14.9 Å². The number of alkyl halides is 2. The standard InChI is InChI=1S/C18H17Br2NO5/c1-3-26-14-9-8-11(10-15(14)25-2)16(19)17(20)18(22)12-6-4-5-7-13(12)21(23)24/h4-10,16-17H,3H2,1-2H3/t16-,17+/m0/s1. The van der Waals surface area contributed by atoms with E-state index in [9.17, 15) is 14.9 Å². The Morgan fingerprint density at radius 3 is 2.50 bits per heavy atom. The highest BCUT2D eigenvalue weighted by Crippen LogP contribution is 2.38. The van der Waals surface area contributed by atoms with Crippen molar-refractivity contribution >= 4 is 43.3 Å². The fourth-order valence-corrected chi connectivity index (χ4v) is 3.50. The van der Waals surface area contributed by atoms with Crippen LogP contribution in [0.3, 0.4) is 0 Å². The van der Waals surface area contributed by atoms with Crippen molar-refractivity contribution < 1.29 is 19.2 Å². The van der Waals surface area contributed by atoms with Crippen LogP contribution in [0.25, 0.3) is 0 Å². The number of nitrogens with zero attached hydrogens (tertiary/aromatic N) is 1. The van der Waals surface area contributed by atoms with Gasteiger partial charge in [-0.05, 0) is 30.7 Å². The van der Waals surface area contributed by atoms with Gasteiger partial charge in [0.2, 0.25) is 0 Å². The zero-order valence-corrected chi connectivity index (χ0v) is 17.3. The first-order chi connectivity index (χ1) is 12.4. The predicted octanol–water partition coefficient (Wildman–Crippen LogP) is 5.08. The lowest BCUT2D eigenvalue weighted by Crippen LogP contribution is -2.20. The Bertz CT molecular complexity index is 812. The normalized spacial score (nSPS) is 12.9. The van der Waals surface area contributed by atoms with E-state index >= 15 is 0 Å². The number of benzene rings is 2. The SMILES string of the molecule is CCOc1ccc([C@H](Br)[C@@H](Br)C(=O)c2ccccc2[N+](=O)[O-])cc1OC. The molecule has 2 aromatic rings. The van der Waals surface area contributed by atoms with Crippen LogP contribution < -0.4 is 9.47 Å². The molecule has 0 aromatic heterocycles. The summed E-state index contributed by atoms with van der Waals surface area (Å²) in [5.74, 6) is 0.772. The van der Waals surface area contributed by atoms with Crippen molar-refractivity contribution in [2.24, 2.45) is 0 Å². The average molecular weight is 487 g/mol. The Kier molecular flexibility index (Phi) is 7.16. The number of carbonyl (C=O) groups is 1. The van der Waals surface area contributed by atoms with Crippen molar-refractivity contribution in [3.8, 4) is 11.5 Å². The van der Waals surface area contributed by atoms with Crippen molar-refractivity contribution in [2.45, 2.75) is 16.6 Å². The number of ketones is 1. The van der Waals surface area contributed by atoms with E-state index in [1.54, 1.807) is 18.2 Å². The zero-order valence-electron chi connectivity index (χ0n) is 14.1. The molecule has 26 heavy (non-hydrogen) atoms. The highest BCUT2D eigenvalue weighted by molar-refractivity contribution is 9.12. The third-order valence-corrected chi connectivity index (χ3v) is 6.39. The van der Waals surface area contributed by atoms with Crippen molar-refractivity contribution in [3.05, 3.63) is 63.7 Å². The maximum absolute atomic E-state index is 12.8. The van der Waals surface area contributed by atoms with E-state index in [4.69, 9.17) is 9.47 Å². The van der Waals surface area contributed by atoms with E-state index in [1.165, 1.54) is 25.3 Å². The second-order valence-electron chi connectivity index (χ2n) is 5.29. The van der Waals surface area contributed by atoms with Crippen LogP contribution in [-0.4, -0.2) is 29.3 Å². The van der Waals surface area contributed by atoms with Gasteiger partial charge in [-0.15, -0.1) is 0 Å². The summed E-state index contributed by atoms with van der Waals surface area (Å²) in [6.45, 7) is 2.38. The molecule has 0 aliphatic rings. The van der Waals surface area contributed by atoms with Crippen LogP contribution >= 0.6 is 31.9 Å². The predicted molar refractivity (Wildman–Crippen MR) is 106 cm³/mol. The third-order valence-electron chi connectivity index (χ3n) is 3.68. The smallest absolute Gasteiger partial charge is 0.280 e. The minimum atomic E-state index is -0.703. The van der Waals surface area contributed by atoms with Gasteiger partial charge >= 0.3 is 0 Å². The van der Waals surface area contributed by atoms with Gasteiger partial charge in [0.25, 0.3) is 5.69 Å². The zero-order chi connectivity index (χ0) is 19.3. The molecule has 0 fully saturated rings. The number of methoxy groups -OCH3 is 1. The molecule has 0 saturated heterocycles. The summed E-state index contributed by atoms with van der Waals surface area (Å²) in [7, 11) is 1.54. The van der Waals surface area contributed by atoms with Gasteiger partial charge in [-0.1, -0.05) is 50.1 Å². The number of halogens is 2. The summed E-state index contributed by atoms with van der Waals surface area (Å²) in [5.41, 5.74) is 0.617. The molecule has 0 saturated carbocycles. The van der Waals surface area contributed by atoms with E-state index < -0.39 is 14.6 Å². The monoisotopic (exact) mass is 485 g/mol. The summed E-state index contributed by atoms with van der Waals surface area (Å²) in [6.07, 6.45) is 0. The van der Waals surface area contributed by atoms with Crippen molar-refractivity contribution in [3.63, 3.8) is 0 Å².